The van der Waals surface area contributed by atoms with E-state index in [1.165, 1.54) is 32.4 Å². The van der Waals surface area contributed by atoms with E-state index in [1.54, 1.807) is 41.5 Å². The Bertz CT molecular complexity index is 2180. The molecule has 8 aliphatic rings. The zero-order valence-corrected chi connectivity index (χ0v) is 35.7. The van der Waals surface area contributed by atoms with Gasteiger partial charge in [0.05, 0.1) is 40.8 Å². The smallest absolute Gasteiger partial charge is 0.338 e. The highest BCUT2D eigenvalue weighted by atomic mass is 16.9. The molecule has 4 aliphatic heterocycles. The van der Waals surface area contributed by atoms with Gasteiger partial charge in [-0.15, -0.1) is 0 Å². The number of carbonyl (C=O) groups excluding carboxylic acids is 6. The van der Waals surface area contributed by atoms with Gasteiger partial charge in [0.25, 0.3) is 5.97 Å². The summed E-state index contributed by atoms with van der Waals surface area (Å²) in [4.78, 5) is 84.2. The van der Waals surface area contributed by atoms with Crippen molar-refractivity contribution in [1.82, 2.24) is 0 Å². The van der Waals surface area contributed by atoms with E-state index >= 15 is 4.79 Å². The molecule has 1 aromatic heterocycles. The number of hydrogen-bond donors (Lipinski definition) is 2. The number of rotatable bonds is 9. The fourth-order valence-corrected chi connectivity index (χ4v) is 13.8. The van der Waals surface area contributed by atoms with Crippen molar-refractivity contribution in [3.63, 3.8) is 0 Å². The fraction of sp³-hybridized carbons (Fsp3) is 0.721. The lowest BCUT2D eigenvalue weighted by Crippen LogP contribution is -2.99. The molecule has 18 nitrogen and oxygen atoms in total. The Kier molecular flexibility index (Phi) is 8.61. The van der Waals surface area contributed by atoms with Crippen LogP contribution in [-0.4, -0.2) is 105 Å². The topological polar surface area (TPSA) is 239 Å². The minimum absolute atomic E-state index is 0.138. The summed E-state index contributed by atoms with van der Waals surface area (Å²) in [5.41, 5.74) is -14.8. The average Bonchev–Trinajstić information content (AvgIpc) is 3.88. The third kappa shape index (κ3) is 4.47. The second kappa shape index (κ2) is 12.6. The van der Waals surface area contributed by atoms with Gasteiger partial charge in [-0.1, -0.05) is 48.5 Å². The Morgan fingerprint density at radius 2 is 1.57 bits per heavy atom. The Morgan fingerprint density at radius 1 is 0.918 bits per heavy atom. The summed E-state index contributed by atoms with van der Waals surface area (Å²) in [6.07, 6.45) is -6.73. The molecule has 4 saturated heterocycles. The van der Waals surface area contributed by atoms with Gasteiger partial charge >= 0.3 is 35.8 Å². The molecule has 4 saturated carbocycles. The van der Waals surface area contributed by atoms with Crippen molar-refractivity contribution < 1.29 is 86.0 Å². The third-order valence-corrected chi connectivity index (χ3v) is 15.4. The van der Waals surface area contributed by atoms with Crippen LogP contribution in [0.2, 0.25) is 0 Å². The number of hydrogen-bond acceptors (Lipinski definition) is 18. The predicted molar refractivity (Wildman–Crippen MR) is 199 cm³/mol. The molecule has 18 heteroatoms. The summed E-state index contributed by atoms with van der Waals surface area (Å²) in [5, 5.41) is 26.2. The van der Waals surface area contributed by atoms with Crippen molar-refractivity contribution in [3.05, 3.63) is 35.5 Å². The molecule has 15 atom stereocenters. The largest absolute Gasteiger partial charge is 0.512 e. The van der Waals surface area contributed by atoms with Crippen LogP contribution >= 0.6 is 0 Å². The van der Waals surface area contributed by atoms with E-state index in [0.29, 0.717) is 0 Å². The van der Waals surface area contributed by atoms with Crippen LogP contribution in [0.25, 0.3) is 0 Å². The molecule has 5 heterocycles. The van der Waals surface area contributed by atoms with Crippen LogP contribution in [0.1, 0.15) is 100 Å². The maximum atomic E-state index is 15.1. The van der Waals surface area contributed by atoms with Gasteiger partial charge in [0.2, 0.25) is 0 Å². The molecular weight excluding hydrogens is 804 g/mol. The van der Waals surface area contributed by atoms with Crippen LogP contribution < -0.4 is 0 Å². The van der Waals surface area contributed by atoms with Crippen molar-refractivity contribution in [2.24, 2.45) is 39.9 Å². The Labute approximate surface area is 350 Å². The molecule has 2 N–H and O–H groups in total. The van der Waals surface area contributed by atoms with Crippen LogP contribution in [0, 0.1) is 39.9 Å². The van der Waals surface area contributed by atoms with Gasteiger partial charge in [0.1, 0.15) is 30.2 Å². The van der Waals surface area contributed by atoms with E-state index in [9.17, 15) is 34.2 Å². The van der Waals surface area contributed by atoms with E-state index in [4.69, 9.17) is 47.0 Å². The van der Waals surface area contributed by atoms with Gasteiger partial charge in [-0.25, -0.2) is 4.79 Å². The van der Waals surface area contributed by atoms with E-state index < -0.39 is 153 Å². The minimum atomic E-state index is -2.55. The van der Waals surface area contributed by atoms with Crippen molar-refractivity contribution in [2.75, 3.05) is 6.61 Å². The normalized spacial score (nSPS) is 46.9. The molecule has 4 bridgehead atoms. The fourth-order valence-electron chi connectivity index (χ4n) is 13.8. The van der Waals surface area contributed by atoms with Crippen LogP contribution in [-0.2, 0) is 71.4 Å². The zero-order chi connectivity index (χ0) is 44.4. The second-order valence-corrected chi connectivity index (χ2v) is 19.3. The molecule has 4 aliphatic carbocycles. The van der Waals surface area contributed by atoms with Crippen LogP contribution in [0.15, 0.2) is 34.3 Å². The summed E-state index contributed by atoms with van der Waals surface area (Å²) in [5.74, 6) is -12.1. The Hall–Kier alpha value is -4.52. The lowest BCUT2D eigenvalue weighted by molar-refractivity contribution is -0.499. The zero-order valence-electron chi connectivity index (χ0n) is 35.7. The summed E-state index contributed by atoms with van der Waals surface area (Å²) in [6, 6.07) is 1.49. The molecule has 9 rings (SSSR count). The number of carbonyl (C=O) groups is 6. The number of aliphatic hydroxyl groups excluding tert-OH is 1. The molecule has 8 fully saturated rings. The summed E-state index contributed by atoms with van der Waals surface area (Å²) in [6.45, 7) is 14.4. The highest BCUT2D eigenvalue weighted by molar-refractivity contribution is 5.93. The van der Waals surface area contributed by atoms with Crippen LogP contribution in [0.5, 0.6) is 0 Å². The standard InChI is InChI=1S/C43H52O18/c1-11-23(46)26-27-37(9,28(54-20(6)44)22-12-13-52-15-22)29(56-31(48)18(2)3)30(57-32(49)19(4)5)43-39-17-53-25(47)14-24(39)36(8)16-40(39)41(51,34(36)55-21(7)45)35(58-33(26)50)42(27,43)60-38(10,59-40)61-43/h12-13,15,18-19,24,27-30,34-35,46,51H,11,14,16-17H2,1-10H3/t24-,27+,28-,29-,30+,34-,35+,36-,37+,38?,39+,40+,41-,42+,43-/m0/s1. The van der Waals surface area contributed by atoms with Gasteiger partial charge in [-0.3, -0.25) is 24.0 Å². The molecule has 0 amide bonds. The van der Waals surface area contributed by atoms with Gasteiger partial charge in [0.15, 0.2) is 35.1 Å². The number of aliphatic hydroxyl groups is 2. The average molecular weight is 857 g/mol. The van der Waals surface area contributed by atoms with E-state index in [0.717, 1.165) is 13.8 Å². The van der Waals surface area contributed by atoms with Crippen LogP contribution in [0.3, 0.4) is 0 Å². The van der Waals surface area contributed by atoms with Crippen molar-refractivity contribution in [2.45, 2.75) is 147 Å². The molecule has 0 radical (unpaired) electrons. The molecule has 1 unspecified atom stereocenters. The summed E-state index contributed by atoms with van der Waals surface area (Å²) in [7, 11) is 0. The Morgan fingerprint density at radius 3 is 2.15 bits per heavy atom. The number of cyclic esters (lactones) is 1. The first-order valence-corrected chi connectivity index (χ1v) is 20.8. The molecule has 4 spiro atoms. The van der Waals surface area contributed by atoms with E-state index in [-0.39, 0.29) is 24.8 Å². The molecule has 1 aromatic rings. The Balaban J connectivity index is 1.51. The highest BCUT2D eigenvalue weighted by Gasteiger charge is 3.08. The maximum absolute atomic E-state index is 15.1. The summed E-state index contributed by atoms with van der Waals surface area (Å²) >= 11 is 0. The lowest BCUT2D eigenvalue weighted by Gasteiger charge is -2.79. The van der Waals surface area contributed by atoms with Crippen LogP contribution in [0.4, 0.5) is 0 Å². The van der Waals surface area contributed by atoms with E-state index in [1.807, 2.05) is 0 Å². The maximum Gasteiger partial charge on any atom is 0.338 e. The number of ether oxygens (including phenoxy) is 9. The first-order chi connectivity index (χ1) is 28.4. The quantitative estimate of drug-likeness (QED) is 0.157. The first kappa shape index (κ1) is 41.8. The van der Waals surface area contributed by atoms with Gasteiger partial charge in [0, 0.05) is 50.5 Å². The third-order valence-electron chi connectivity index (χ3n) is 15.4. The van der Waals surface area contributed by atoms with Gasteiger partial charge in [-0.05, 0) is 18.4 Å². The number of furan rings is 1. The molecular formula is C43H52O18. The predicted octanol–water partition coefficient (Wildman–Crippen LogP) is 3.42. The van der Waals surface area contributed by atoms with Crippen molar-refractivity contribution >= 4 is 35.8 Å². The number of esters is 6. The molecule has 332 valence electrons. The summed E-state index contributed by atoms with van der Waals surface area (Å²) < 4.78 is 65.4. The lowest BCUT2D eigenvalue weighted by atomic mass is 9.31. The number of fused-ring (bicyclic) bond motifs is 4. The highest BCUT2D eigenvalue weighted by Crippen LogP contribution is 2.91. The van der Waals surface area contributed by atoms with Crippen molar-refractivity contribution in [3.8, 4) is 0 Å². The minimum Gasteiger partial charge on any atom is -0.512 e. The van der Waals surface area contributed by atoms with Crippen molar-refractivity contribution in [1.29, 1.82) is 0 Å². The first-order valence-electron chi connectivity index (χ1n) is 20.8. The number of allylic oxidation sites excluding steroid dienone is 1. The SMILES string of the molecule is CCC(O)=C1C(=O)O[C@@H]2[C@@]3(O)[C@@H](OC(C)=O)[C@@]4(C)C[C@]35OC3(C)O[C@]26[C@H]1[C@](C)([C@@H](OC(C)=O)c1ccoc1)[C@@H](OC(=O)C(C)C)[C@@H](OC(=O)C(C)C)[C@]6(O3)[C@@]51COC(=O)C[C@@H]41. The van der Waals surface area contributed by atoms with Gasteiger partial charge < -0.3 is 57.3 Å². The van der Waals surface area contributed by atoms with E-state index in [2.05, 4.69) is 0 Å². The molecule has 61 heavy (non-hydrogen) atoms. The second-order valence-electron chi connectivity index (χ2n) is 19.3. The monoisotopic (exact) mass is 856 g/mol. The molecule has 0 aromatic carbocycles. The van der Waals surface area contributed by atoms with Gasteiger partial charge in [-0.2, -0.15) is 0 Å².